The fourth-order valence-electron chi connectivity index (χ4n) is 0.564. The molecule has 0 saturated heterocycles. The summed E-state index contributed by atoms with van der Waals surface area (Å²) in [7, 11) is 0. The van der Waals surface area contributed by atoms with Crippen LogP contribution in [-0.4, -0.2) is 25.8 Å². The first kappa shape index (κ1) is 11.9. The van der Waals surface area contributed by atoms with Crippen LogP contribution in [0.1, 0.15) is 13.8 Å². The molecule has 0 radical (unpaired) electrons. The van der Waals surface area contributed by atoms with Crippen LogP contribution >= 0.6 is 0 Å². The second-order valence-electron chi connectivity index (χ2n) is 2.56. The van der Waals surface area contributed by atoms with Crippen molar-refractivity contribution in [2.45, 2.75) is 13.8 Å². The molecule has 0 aromatic rings. The third-order valence-electron chi connectivity index (χ3n) is 1.26. The Morgan fingerprint density at radius 2 is 2.15 bits per heavy atom. The summed E-state index contributed by atoms with van der Waals surface area (Å²) in [6.07, 6.45) is 3.79. The first-order valence-corrected chi connectivity index (χ1v) is 4.20. The zero-order valence-electron chi connectivity index (χ0n) is 8.21. The lowest BCUT2D eigenvalue weighted by atomic mass is 10.4. The molecule has 0 atom stereocenters. The highest BCUT2D eigenvalue weighted by atomic mass is 16.6. The van der Waals surface area contributed by atoms with Crippen molar-refractivity contribution in [1.82, 2.24) is 0 Å². The molecule has 0 rings (SSSR count). The van der Waals surface area contributed by atoms with Gasteiger partial charge in [-0.25, -0.2) is 4.79 Å². The smallest absolute Gasteiger partial charge is 0.333 e. The van der Waals surface area contributed by atoms with Gasteiger partial charge >= 0.3 is 5.97 Å². The maximum atomic E-state index is 10.8. The molecule has 74 valence electrons. The summed E-state index contributed by atoms with van der Waals surface area (Å²) >= 11 is 0. The van der Waals surface area contributed by atoms with Crippen molar-refractivity contribution in [2.75, 3.05) is 19.8 Å². The van der Waals surface area contributed by atoms with E-state index in [0.29, 0.717) is 18.8 Å². The summed E-state index contributed by atoms with van der Waals surface area (Å²) in [4.78, 5) is 10.8. The Bertz CT molecular complexity index is 194. The van der Waals surface area contributed by atoms with E-state index in [4.69, 9.17) is 9.47 Å². The third-order valence-corrected chi connectivity index (χ3v) is 1.26. The van der Waals surface area contributed by atoms with Crippen molar-refractivity contribution in [1.29, 1.82) is 0 Å². The molecule has 0 aliphatic rings. The highest BCUT2D eigenvalue weighted by molar-refractivity contribution is 5.86. The summed E-state index contributed by atoms with van der Waals surface area (Å²) in [6.45, 7) is 8.25. The number of esters is 1. The molecule has 0 bridgehead atoms. The number of carbonyl (C=O) groups is 1. The van der Waals surface area contributed by atoms with Gasteiger partial charge in [-0.05, 0) is 13.8 Å². The first-order chi connectivity index (χ1) is 6.18. The Morgan fingerprint density at radius 1 is 1.46 bits per heavy atom. The van der Waals surface area contributed by atoms with Gasteiger partial charge < -0.3 is 9.47 Å². The first-order valence-electron chi connectivity index (χ1n) is 4.20. The minimum atomic E-state index is -0.366. The highest BCUT2D eigenvalue weighted by Crippen LogP contribution is 1.91. The van der Waals surface area contributed by atoms with Gasteiger partial charge in [-0.15, -0.1) is 0 Å². The van der Waals surface area contributed by atoms with Crippen molar-refractivity contribution in [3.05, 3.63) is 24.3 Å². The SMILES string of the molecule is C=C(C)C(=O)OCCOC/C=C/C. The van der Waals surface area contributed by atoms with Gasteiger partial charge in [0.25, 0.3) is 0 Å². The number of allylic oxidation sites excluding steroid dienone is 1. The highest BCUT2D eigenvalue weighted by Gasteiger charge is 2.00. The van der Waals surface area contributed by atoms with Crippen molar-refractivity contribution >= 4 is 5.97 Å². The average molecular weight is 184 g/mol. The van der Waals surface area contributed by atoms with Gasteiger partial charge in [0.05, 0.1) is 13.2 Å². The van der Waals surface area contributed by atoms with Crippen LogP contribution in [0.25, 0.3) is 0 Å². The molecular formula is C10H16O3. The van der Waals surface area contributed by atoms with Crippen molar-refractivity contribution in [2.24, 2.45) is 0 Å². The molecule has 0 aromatic heterocycles. The van der Waals surface area contributed by atoms with Crippen LogP contribution in [0.15, 0.2) is 24.3 Å². The summed E-state index contributed by atoms with van der Waals surface area (Å²) in [6, 6.07) is 0. The molecule has 13 heavy (non-hydrogen) atoms. The van der Waals surface area contributed by atoms with E-state index >= 15 is 0 Å². The number of ether oxygens (including phenoxy) is 2. The number of rotatable bonds is 6. The molecule has 3 nitrogen and oxygen atoms in total. The minimum Gasteiger partial charge on any atom is -0.460 e. The fourth-order valence-corrected chi connectivity index (χ4v) is 0.564. The Balaban J connectivity index is 3.26. The molecule has 0 spiro atoms. The molecule has 0 amide bonds. The van der Waals surface area contributed by atoms with Crippen LogP contribution in [0.4, 0.5) is 0 Å². The summed E-state index contributed by atoms with van der Waals surface area (Å²) < 4.78 is 9.91. The Morgan fingerprint density at radius 3 is 2.69 bits per heavy atom. The topological polar surface area (TPSA) is 35.5 Å². The van der Waals surface area contributed by atoms with Crippen LogP contribution < -0.4 is 0 Å². The molecule has 0 N–H and O–H groups in total. The Kier molecular flexibility index (Phi) is 6.92. The van der Waals surface area contributed by atoms with Gasteiger partial charge in [0.15, 0.2) is 0 Å². The number of hydrogen-bond donors (Lipinski definition) is 0. The van der Waals surface area contributed by atoms with Crippen LogP contribution in [0.3, 0.4) is 0 Å². The molecule has 3 heteroatoms. The average Bonchev–Trinajstić information content (AvgIpc) is 2.10. The second-order valence-corrected chi connectivity index (χ2v) is 2.56. The maximum Gasteiger partial charge on any atom is 0.333 e. The van der Waals surface area contributed by atoms with Gasteiger partial charge in [0.2, 0.25) is 0 Å². The monoisotopic (exact) mass is 184 g/mol. The molecule has 0 saturated carbocycles. The van der Waals surface area contributed by atoms with Crippen molar-refractivity contribution < 1.29 is 14.3 Å². The van der Waals surface area contributed by atoms with Crippen LogP contribution in [0.2, 0.25) is 0 Å². The zero-order valence-corrected chi connectivity index (χ0v) is 8.21. The molecule has 0 aliphatic heterocycles. The van der Waals surface area contributed by atoms with E-state index in [9.17, 15) is 4.79 Å². The molecule has 0 heterocycles. The lowest BCUT2D eigenvalue weighted by Gasteiger charge is -2.03. The molecular weight excluding hydrogens is 168 g/mol. The standard InChI is InChI=1S/C10H16O3/c1-4-5-6-12-7-8-13-10(11)9(2)3/h4-5H,2,6-8H2,1,3H3/b5-4+. The summed E-state index contributed by atoms with van der Waals surface area (Å²) in [5.41, 5.74) is 0.411. The number of hydrogen-bond acceptors (Lipinski definition) is 3. The van der Waals surface area contributed by atoms with E-state index in [-0.39, 0.29) is 12.6 Å². The van der Waals surface area contributed by atoms with Crippen LogP contribution in [-0.2, 0) is 14.3 Å². The van der Waals surface area contributed by atoms with E-state index in [2.05, 4.69) is 6.58 Å². The van der Waals surface area contributed by atoms with Gasteiger partial charge in [0, 0.05) is 5.57 Å². The molecule has 0 aromatic carbocycles. The molecule has 0 unspecified atom stereocenters. The van der Waals surface area contributed by atoms with Gasteiger partial charge in [-0.3, -0.25) is 0 Å². The van der Waals surface area contributed by atoms with E-state index in [1.54, 1.807) is 6.92 Å². The van der Waals surface area contributed by atoms with E-state index < -0.39 is 0 Å². The molecule has 0 aliphatic carbocycles. The lowest BCUT2D eigenvalue weighted by molar-refractivity contribution is -0.140. The van der Waals surface area contributed by atoms with Gasteiger partial charge in [-0.1, -0.05) is 18.7 Å². The minimum absolute atomic E-state index is 0.281. The summed E-state index contributed by atoms with van der Waals surface area (Å²) in [5, 5.41) is 0. The van der Waals surface area contributed by atoms with E-state index in [0.717, 1.165) is 0 Å². The Hall–Kier alpha value is -1.09. The predicted molar refractivity (Wildman–Crippen MR) is 51.4 cm³/mol. The van der Waals surface area contributed by atoms with E-state index in [1.807, 2.05) is 19.1 Å². The third kappa shape index (κ3) is 7.28. The quantitative estimate of drug-likeness (QED) is 0.273. The summed E-state index contributed by atoms with van der Waals surface area (Å²) in [5.74, 6) is -0.366. The second kappa shape index (κ2) is 7.55. The largest absolute Gasteiger partial charge is 0.460 e. The lowest BCUT2D eigenvalue weighted by Crippen LogP contribution is -2.10. The van der Waals surface area contributed by atoms with Crippen LogP contribution in [0, 0.1) is 0 Å². The predicted octanol–water partition coefficient (Wildman–Crippen LogP) is 1.70. The van der Waals surface area contributed by atoms with E-state index in [1.165, 1.54) is 0 Å². The fraction of sp³-hybridized carbons (Fsp3) is 0.500. The van der Waals surface area contributed by atoms with Gasteiger partial charge in [-0.2, -0.15) is 0 Å². The number of carbonyl (C=O) groups excluding carboxylic acids is 1. The van der Waals surface area contributed by atoms with Crippen molar-refractivity contribution in [3.63, 3.8) is 0 Å². The van der Waals surface area contributed by atoms with Crippen LogP contribution in [0.5, 0.6) is 0 Å². The molecule has 0 fully saturated rings. The zero-order chi connectivity index (χ0) is 10.1. The van der Waals surface area contributed by atoms with Crippen molar-refractivity contribution in [3.8, 4) is 0 Å². The normalized spacial score (nSPS) is 10.3. The maximum absolute atomic E-state index is 10.8. The van der Waals surface area contributed by atoms with Gasteiger partial charge in [0.1, 0.15) is 6.61 Å². The Labute approximate surface area is 79.0 Å².